The molecule has 2 N–H and O–H groups in total. The van der Waals surface area contributed by atoms with Crippen LogP contribution in [0.3, 0.4) is 0 Å². The monoisotopic (exact) mass is 553 g/mol. The molecule has 0 saturated carbocycles. The number of fused-ring (bicyclic) bond motifs is 1. The Kier molecular flexibility index (Phi) is 7.02. The van der Waals surface area contributed by atoms with Gasteiger partial charge in [-0.05, 0) is 59.7 Å². The predicted octanol–water partition coefficient (Wildman–Crippen LogP) is 5.88. The SMILES string of the molecule is CC(c1cc(Oc2ccc(F)c(C(=O)O)c2)ccc1Cl)C(O)(c1ccc2c(c1)N(C)C(=O)CO2)C(F)(F)F. The molecule has 3 aromatic carbocycles. The topological polar surface area (TPSA) is 96.3 Å². The predicted molar refractivity (Wildman–Crippen MR) is 129 cm³/mol. The summed E-state index contributed by atoms with van der Waals surface area (Å²) in [5.41, 5.74) is -4.74. The van der Waals surface area contributed by atoms with Crippen molar-refractivity contribution >= 4 is 29.2 Å². The van der Waals surface area contributed by atoms with E-state index in [4.69, 9.17) is 26.2 Å². The smallest absolute Gasteiger partial charge is 0.422 e. The zero-order chi connectivity index (χ0) is 28.0. The first kappa shape index (κ1) is 27.2. The Morgan fingerprint density at radius 3 is 2.42 bits per heavy atom. The number of hydrogen-bond donors (Lipinski definition) is 2. The summed E-state index contributed by atoms with van der Waals surface area (Å²) in [6.07, 6.45) is -5.19. The van der Waals surface area contributed by atoms with Crippen molar-refractivity contribution in [3.8, 4) is 17.2 Å². The minimum absolute atomic E-state index is 0.0344. The number of aromatic carboxylic acids is 1. The highest BCUT2D eigenvalue weighted by molar-refractivity contribution is 6.31. The molecule has 2 unspecified atom stereocenters. The van der Waals surface area contributed by atoms with Gasteiger partial charge in [-0.3, -0.25) is 4.79 Å². The van der Waals surface area contributed by atoms with Gasteiger partial charge in [0.15, 0.2) is 12.2 Å². The molecule has 1 aliphatic rings. The summed E-state index contributed by atoms with van der Waals surface area (Å²) in [7, 11) is 1.38. The van der Waals surface area contributed by atoms with Gasteiger partial charge in [-0.2, -0.15) is 13.2 Å². The maximum absolute atomic E-state index is 14.5. The number of carbonyl (C=O) groups is 2. The Balaban J connectivity index is 1.76. The molecule has 0 radical (unpaired) electrons. The Morgan fingerprint density at radius 1 is 1.11 bits per heavy atom. The number of rotatable bonds is 6. The van der Waals surface area contributed by atoms with Gasteiger partial charge in [-0.25, -0.2) is 9.18 Å². The second-order valence-electron chi connectivity index (χ2n) is 8.64. The van der Waals surface area contributed by atoms with E-state index in [0.29, 0.717) is 0 Å². The molecule has 4 rings (SSSR count). The van der Waals surface area contributed by atoms with Gasteiger partial charge in [-0.15, -0.1) is 0 Å². The van der Waals surface area contributed by atoms with Crippen molar-refractivity contribution in [1.29, 1.82) is 0 Å². The highest BCUT2D eigenvalue weighted by Crippen LogP contribution is 2.51. The van der Waals surface area contributed by atoms with E-state index in [1.54, 1.807) is 0 Å². The van der Waals surface area contributed by atoms with E-state index in [2.05, 4.69) is 0 Å². The molecule has 0 bridgehead atoms. The number of benzene rings is 3. The van der Waals surface area contributed by atoms with Gasteiger partial charge >= 0.3 is 12.1 Å². The average Bonchev–Trinajstić information content (AvgIpc) is 2.86. The van der Waals surface area contributed by atoms with Crippen molar-refractivity contribution in [2.75, 3.05) is 18.6 Å². The molecule has 3 aromatic rings. The van der Waals surface area contributed by atoms with Crippen molar-refractivity contribution in [2.45, 2.75) is 24.6 Å². The minimum atomic E-state index is -5.19. The number of carbonyl (C=O) groups excluding carboxylic acids is 1. The number of nitrogens with zero attached hydrogens (tertiary/aromatic N) is 1. The number of anilines is 1. The largest absolute Gasteiger partial charge is 0.482 e. The van der Waals surface area contributed by atoms with E-state index in [1.807, 2.05) is 0 Å². The maximum Gasteiger partial charge on any atom is 0.422 e. The Hall–Kier alpha value is -3.83. The molecule has 2 atom stereocenters. The lowest BCUT2D eigenvalue weighted by Gasteiger charge is -2.38. The highest BCUT2D eigenvalue weighted by atomic mass is 35.5. The lowest BCUT2D eigenvalue weighted by atomic mass is 9.77. The molecule has 0 spiro atoms. The van der Waals surface area contributed by atoms with Crippen LogP contribution in [0.15, 0.2) is 54.6 Å². The molecule has 1 amide bonds. The molecule has 0 saturated heterocycles. The van der Waals surface area contributed by atoms with Crippen LogP contribution in [-0.4, -0.2) is 41.9 Å². The van der Waals surface area contributed by atoms with Crippen LogP contribution in [0.1, 0.15) is 34.3 Å². The molecule has 1 aliphatic heterocycles. The molecule has 0 aromatic heterocycles. The van der Waals surface area contributed by atoms with Crippen LogP contribution in [0.4, 0.5) is 23.2 Å². The first-order valence-electron chi connectivity index (χ1n) is 11.1. The normalized spacial score (nSPS) is 15.8. The molecule has 0 aliphatic carbocycles. The fourth-order valence-corrected chi connectivity index (χ4v) is 4.46. The van der Waals surface area contributed by atoms with Crippen LogP contribution in [-0.2, 0) is 10.4 Å². The Bertz CT molecular complexity index is 1430. The second-order valence-corrected chi connectivity index (χ2v) is 9.05. The van der Waals surface area contributed by atoms with E-state index in [-0.39, 0.29) is 40.1 Å². The second kappa shape index (κ2) is 9.80. The molecule has 7 nitrogen and oxygen atoms in total. The fraction of sp³-hybridized carbons (Fsp3) is 0.231. The van der Waals surface area contributed by atoms with E-state index in [0.717, 1.165) is 42.2 Å². The summed E-state index contributed by atoms with van der Waals surface area (Å²) in [6, 6.07) is 10.1. The summed E-state index contributed by atoms with van der Waals surface area (Å²) >= 11 is 6.25. The number of hydrogen-bond acceptors (Lipinski definition) is 5. The number of likely N-dealkylation sites (N-methyl/N-ethyl adjacent to an activating group) is 1. The Labute approximate surface area is 218 Å². The van der Waals surface area contributed by atoms with Gasteiger partial charge in [0.05, 0.1) is 11.3 Å². The van der Waals surface area contributed by atoms with Crippen molar-refractivity contribution in [2.24, 2.45) is 0 Å². The molecule has 0 fully saturated rings. The van der Waals surface area contributed by atoms with Crippen LogP contribution in [0.5, 0.6) is 17.2 Å². The molecular weight excluding hydrogens is 534 g/mol. The van der Waals surface area contributed by atoms with Crippen molar-refractivity contribution < 1.29 is 46.8 Å². The summed E-state index contributed by atoms with van der Waals surface area (Å²) in [5, 5.41) is 20.3. The third kappa shape index (κ3) is 4.74. The van der Waals surface area contributed by atoms with Crippen LogP contribution in [0.2, 0.25) is 5.02 Å². The van der Waals surface area contributed by atoms with Gasteiger partial charge in [0.1, 0.15) is 23.1 Å². The first-order valence-corrected chi connectivity index (χ1v) is 11.4. The number of alkyl halides is 3. The van der Waals surface area contributed by atoms with Gasteiger partial charge in [0, 0.05) is 18.0 Å². The quantitative estimate of drug-likeness (QED) is 0.370. The van der Waals surface area contributed by atoms with Gasteiger partial charge in [-0.1, -0.05) is 24.6 Å². The fourth-order valence-electron chi connectivity index (χ4n) is 4.18. The summed E-state index contributed by atoms with van der Waals surface area (Å²) in [6.45, 7) is 0.858. The van der Waals surface area contributed by atoms with E-state index < -0.39 is 46.5 Å². The van der Waals surface area contributed by atoms with Crippen LogP contribution in [0, 0.1) is 5.82 Å². The van der Waals surface area contributed by atoms with E-state index in [1.165, 1.54) is 31.3 Å². The number of halogens is 5. The summed E-state index contributed by atoms with van der Waals surface area (Å²) in [5.74, 6) is -4.62. The van der Waals surface area contributed by atoms with E-state index >= 15 is 0 Å². The number of amides is 1. The van der Waals surface area contributed by atoms with Crippen LogP contribution < -0.4 is 14.4 Å². The summed E-state index contributed by atoms with van der Waals surface area (Å²) < 4.78 is 68.2. The third-order valence-corrected chi connectivity index (χ3v) is 6.73. The van der Waals surface area contributed by atoms with Crippen molar-refractivity contribution in [3.05, 3.63) is 82.1 Å². The number of carboxylic acid groups (broad SMARTS) is 1. The molecule has 12 heteroatoms. The van der Waals surface area contributed by atoms with Crippen LogP contribution in [0.25, 0.3) is 0 Å². The molecule has 1 heterocycles. The van der Waals surface area contributed by atoms with Crippen molar-refractivity contribution in [1.82, 2.24) is 0 Å². The number of ether oxygens (including phenoxy) is 2. The first-order chi connectivity index (χ1) is 17.7. The standard InChI is InChI=1S/C26H20ClF4NO6/c1-13(17-10-15(4-6-19(17)27)38-16-5-7-20(28)18(11-16)24(34)35)25(36,26(29,30)31)14-3-8-22-21(9-14)32(2)23(33)12-37-22/h3-11,13,36H,12H2,1-2H3,(H,34,35). The zero-order valence-corrected chi connectivity index (χ0v) is 20.6. The lowest BCUT2D eigenvalue weighted by Crippen LogP contribution is -2.47. The molecular formula is C26H20ClF4NO6. The zero-order valence-electron chi connectivity index (χ0n) is 19.8. The summed E-state index contributed by atoms with van der Waals surface area (Å²) in [4.78, 5) is 24.4. The lowest BCUT2D eigenvalue weighted by molar-refractivity contribution is -0.274. The van der Waals surface area contributed by atoms with Crippen LogP contribution >= 0.6 is 11.6 Å². The maximum atomic E-state index is 14.5. The van der Waals surface area contributed by atoms with Crippen molar-refractivity contribution in [3.63, 3.8) is 0 Å². The average molecular weight is 554 g/mol. The highest BCUT2D eigenvalue weighted by Gasteiger charge is 2.59. The Morgan fingerprint density at radius 2 is 1.76 bits per heavy atom. The molecule has 200 valence electrons. The molecule has 38 heavy (non-hydrogen) atoms. The van der Waals surface area contributed by atoms with E-state index in [9.17, 15) is 32.3 Å². The van der Waals surface area contributed by atoms with Gasteiger partial charge < -0.3 is 24.6 Å². The minimum Gasteiger partial charge on any atom is -0.482 e. The number of carboxylic acids is 1. The third-order valence-electron chi connectivity index (χ3n) is 6.38. The van der Waals surface area contributed by atoms with Gasteiger partial charge in [0.25, 0.3) is 5.91 Å². The van der Waals surface area contributed by atoms with Gasteiger partial charge in [0.2, 0.25) is 0 Å². The number of aliphatic hydroxyl groups is 1.